The Kier molecular flexibility index (Phi) is 2.63. The van der Waals surface area contributed by atoms with E-state index >= 15 is 0 Å². The molecule has 7 heteroatoms. The molecule has 0 fully saturated rings. The van der Waals surface area contributed by atoms with E-state index in [2.05, 4.69) is 10.1 Å². The Morgan fingerprint density at radius 2 is 1.95 bits per heavy atom. The zero-order chi connectivity index (χ0) is 14.3. The second kappa shape index (κ2) is 4.22. The monoisotopic (exact) mass is 278 g/mol. The molecule has 0 spiro atoms. The van der Waals surface area contributed by atoms with Crippen LogP contribution in [0.5, 0.6) is 0 Å². The van der Waals surface area contributed by atoms with E-state index < -0.39 is 11.7 Å². The van der Waals surface area contributed by atoms with E-state index in [1.54, 1.807) is 30.5 Å². The predicted molar refractivity (Wildman–Crippen MR) is 68.3 cm³/mol. The number of alkyl halides is 3. The molecule has 0 saturated carbocycles. The Morgan fingerprint density at radius 3 is 2.65 bits per heavy atom. The Bertz CT molecular complexity index is 777. The van der Waals surface area contributed by atoms with Crippen LogP contribution in [-0.4, -0.2) is 14.8 Å². The molecule has 20 heavy (non-hydrogen) atoms. The van der Waals surface area contributed by atoms with Gasteiger partial charge in [-0.25, -0.2) is 4.68 Å². The van der Waals surface area contributed by atoms with Crippen LogP contribution in [0.4, 0.5) is 18.9 Å². The first-order valence-electron chi connectivity index (χ1n) is 5.72. The summed E-state index contributed by atoms with van der Waals surface area (Å²) in [6.07, 6.45) is -1.15. The number of anilines is 1. The predicted octanol–water partition coefficient (Wildman–Crippen LogP) is 3.02. The summed E-state index contributed by atoms with van der Waals surface area (Å²) in [5.41, 5.74) is 6.49. The first-order valence-corrected chi connectivity index (χ1v) is 5.72. The van der Waals surface area contributed by atoms with E-state index in [-0.39, 0.29) is 0 Å². The maximum atomic E-state index is 12.6. The van der Waals surface area contributed by atoms with Gasteiger partial charge in [0.05, 0.1) is 23.0 Å². The van der Waals surface area contributed by atoms with Crippen molar-refractivity contribution < 1.29 is 13.2 Å². The normalized spacial score (nSPS) is 11.9. The average molecular weight is 278 g/mol. The first kappa shape index (κ1) is 12.5. The molecule has 2 heterocycles. The molecule has 0 atom stereocenters. The van der Waals surface area contributed by atoms with Gasteiger partial charge < -0.3 is 5.73 Å². The summed E-state index contributed by atoms with van der Waals surface area (Å²) >= 11 is 0. The summed E-state index contributed by atoms with van der Waals surface area (Å²) in [6, 6.07) is 6.69. The van der Waals surface area contributed by atoms with Crippen LogP contribution in [0.15, 0.2) is 42.9 Å². The highest BCUT2D eigenvalue weighted by Crippen LogP contribution is 2.30. The van der Waals surface area contributed by atoms with Crippen molar-refractivity contribution in [1.29, 1.82) is 0 Å². The average Bonchev–Trinajstić information content (AvgIpc) is 2.89. The Labute approximate surface area is 111 Å². The number of aromatic nitrogens is 3. The molecule has 102 valence electrons. The van der Waals surface area contributed by atoms with E-state index in [1.807, 2.05) is 0 Å². The first-order chi connectivity index (χ1) is 9.47. The van der Waals surface area contributed by atoms with Crippen molar-refractivity contribution in [3.8, 4) is 5.69 Å². The topological polar surface area (TPSA) is 56.7 Å². The van der Waals surface area contributed by atoms with Crippen LogP contribution in [0, 0.1) is 0 Å². The van der Waals surface area contributed by atoms with E-state index in [9.17, 15) is 13.2 Å². The standard InChI is InChI=1S/C13H9F3N4/c14-13(15,16)8-6-19-20(7-8)11-4-3-10(17)9-2-1-5-18-12(9)11/h1-7H,17H2. The summed E-state index contributed by atoms with van der Waals surface area (Å²) in [6.45, 7) is 0. The van der Waals surface area contributed by atoms with Crippen molar-refractivity contribution >= 4 is 16.6 Å². The van der Waals surface area contributed by atoms with Crippen molar-refractivity contribution in [1.82, 2.24) is 14.8 Å². The number of fused-ring (bicyclic) bond motifs is 1. The van der Waals surface area contributed by atoms with Crippen molar-refractivity contribution in [3.63, 3.8) is 0 Å². The fourth-order valence-electron chi connectivity index (χ4n) is 1.97. The molecule has 0 aliphatic carbocycles. The molecule has 3 rings (SSSR count). The Morgan fingerprint density at radius 1 is 1.15 bits per heavy atom. The fraction of sp³-hybridized carbons (Fsp3) is 0.0769. The number of halogens is 3. The molecule has 0 aliphatic heterocycles. The minimum Gasteiger partial charge on any atom is -0.398 e. The van der Waals surface area contributed by atoms with Crippen LogP contribution >= 0.6 is 0 Å². The van der Waals surface area contributed by atoms with Crippen molar-refractivity contribution in [3.05, 3.63) is 48.4 Å². The largest absolute Gasteiger partial charge is 0.419 e. The fourth-order valence-corrected chi connectivity index (χ4v) is 1.97. The lowest BCUT2D eigenvalue weighted by Crippen LogP contribution is -2.03. The van der Waals surface area contributed by atoms with E-state index in [0.717, 1.165) is 17.1 Å². The van der Waals surface area contributed by atoms with Crippen LogP contribution in [-0.2, 0) is 6.18 Å². The number of nitrogens with two attached hydrogens (primary N) is 1. The van der Waals surface area contributed by atoms with Crippen molar-refractivity contribution in [2.45, 2.75) is 6.18 Å². The maximum Gasteiger partial charge on any atom is 0.419 e. The molecule has 0 bridgehead atoms. The summed E-state index contributed by atoms with van der Waals surface area (Å²) in [5, 5.41) is 4.42. The number of pyridine rings is 1. The summed E-state index contributed by atoms with van der Waals surface area (Å²) in [7, 11) is 0. The number of benzene rings is 1. The highest BCUT2D eigenvalue weighted by Gasteiger charge is 2.32. The molecule has 0 aliphatic rings. The third kappa shape index (κ3) is 1.97. The zero-order valence-corrected chi connectivity index (χ0v) is 10.1. The maximum absolute atomic E-state index is 12.6. The number of hydrogen-bond donors (Lipinski definition) is 1. The van der Waals surface area contributed by atoms with Gasteiger partial charge in [0.2, 0.25) is 0 Å². The second-order valence-electron chi connectivity index (χ2n) is 4.24. The van der Waals surface area contributed by atoms with Gasteiger partial charge >= 0.3 is 6.18 Å². The van der Waals surface area contributed by atoms with Crippen LogP contribution in [0.2, 0.25) is 0 Å². The van der Waals surface area contributed by atoms with Gasteiger partial charge in [0.25, 0.3) is 0 Å². The van der Waals surface area contributed by atoms with E-state index in [4.69, 9.17) is 5.73 Å². The molecular formula is C13H9F3N4. The van der Waals surface area contributed by atoms with Gasteiger partial charge in [-0.1, -0.05) is 0 Å². The lowest BCUT2D eigenvalue weighted by molar-refractivity contribution is -0.137. The number of nitrogens with zero attached hydrogens (tertiary/aromatic N) is 3. The summed E-state index contributed by atoms with van der Waals surface area (Å²) < 4.78 is 39.0. The highest BCUT2D eigenvalue weighted by molar-refractivity contribution is 5.95. The van der Waals surface area contributed by atoms with E-state index in [1.165, 1.54) is 0 Å². The highest BCUT2D eigenvalue weighted by atomic mass is 19.4. The number of rotatable bonds is 1. The number of hydrogen-bond acceptors (Lipinski definition) is 3. The summed E-state index contributed by atoms with van der Waals surface area (Å²) in [5.74, 6) is 0. The van der Waals surface area contributed by atoms with Crippen molar-refractivity contribution in [2.75, 3.05) is 5.73 Å². The van der Waals surface area contributed by atoms with Crippen molar-refractivity contribution in [2.24, 2.45) is 0 Å². The van der Waals surface area contributed by atoms with Crippen LogP contribution in [0.3, 0.4) is 0 Å². The molecule has 2 N–H and O–H groups in total. The third-order valence-electron chi connectivity index (χ3n) is 2.94. The molecule has 0 unspecified atom stereocenters. The SMILES string of the molecule is Nc1ccc(-n2cc(C(F)(F)F)cn2)c2ncccc12. The van der Waals surface area contributed by atoms with E-state index in [0.29, 0.717) is 22.3 Å². The Hall–Kier alpha value is -2.57. The van der Waals surface area contributed by atoms with Gasteiger partial charge in [0, 0.05) is 23.5 Å². The lowest BCUT2D eigenvalue weighted by atomic mass is 10.1. The van der Waals surface area contributed by atoms with Gasteiger partial charge in [-0.2, -0.15) is 18.3 Å². The lowest BCUT2D eigenvalue weighted by Gasteiger charge is -2.07. The summed E-state index contributed by atoms with van der Waals surface area (Å²) in [4.78, 5) is 4.17. The Balaban J connectivity index is 2.20. The minimum atomic E-state index is -4.42. The van der Waals surface area contributed by atoms with Crippen LogP contribution in [0.1, 0.15) is 5.56 Å². The second-order valence-corrected chi connectivity index (χ2v) is 4.24. The molecule has 4 nitrogen and oxygen atoms in total. The third-order valence-corrected chi connectivity index (χ3v) is 2.94. The molecule has 3 aromatic rings. The molecular weight excluding hydrogens is 269 g/mol. The van der Waals surface area contributed by atoms with Crippen LogP contribution in [0.25, 0.3) is 16.6 Å². The molecule has 0 saturated heterocycles. The minimum absolute atomic E-state index is 0.449. The molecule has 0 radical (unpaired) electrons. The van der Waals surface area contributed by atoms with Gasteiger partial charge in [-0.3, -0.25) is 4.98 Å². The van der Waals surface area contributed by atoms with Gasteiger partial charge in [0.1, 0.15) is 0 Å². The molecule has 1 aromatic carbocycles. The van der Waals surface area contributed by atoms with Gasteiger partial charge in [0.15, 0.2) is 0 Å². The molecule has 2 aromatic heterocycles. The molecule has 0 amide bonds. The van der Waals surface area contributed by atoms with Gasteiger partial charge in [-0.15, -0.1) is 0 Å². The van der Waals surface area contributed by atoms with Gasteiger partial charge in [-0.05, 0) is 24.3 Å². The zero-order valence-electron chi connectivity index (χ0n) is 10.1. The smallest absolute Gasteiger partial charge is 0.398 e. The number of nitrogen functional groups attached to an aromatic ring is 1. The quantitative estimate of drug-likeness (QED) is 0.696. The van der Waals surface area contributed by atoms with Crippen LogP contribution < -0.4 is 5.73 Å².